The Morgan fingerprint density at radius 1 is 1.12 bits per heavy atom. The maximum atomic E-state index is 12.8. The Labute approximate surface area is 201 Å². The first-order valence-corrected chi connectivity index (χ1v) is 11.9. The van der Waals surface area contributed by atoms with E-state index in [1.807, 2.05) is 47.4 Å². The summed E-state index contributed by atoms with van der Waals surface area (Å²) in [6.45, 7) is 5.16. The molecule has 0 unspecified atom stereocenters. The second-order valence-electron chi connectivity index (χ2n) is 8.38. The number of aryl methyl sites for hydroxylation is 1. The fraction of sp³-hybridized carbons (Fsp3) is 0.393. The third-order valence-electron chi connectivity index (χ3n) is 5.91. The van der Waals surface area contributed by atoms with E-state index in [1.54, 1.807) is 13.0 Å². The Morgan fingerprint density at radius 2 is 1.94 bits per heavy atom. The molecule has 0 aromatic heterocycles. The lowest BCUT2D eigenvalue weighted by Gasteiger charge is -2.22. The number of hydrogen-bond donors (Lipinski definition) is 0. The standard InChI is InChI=1S/C28H33NO5/c1-3-34-28(32)20-33-18-7-6-17-29-24(14-16-27(29)31)13-15-26(30)23-11-8-10-22(19-23)25-12-5-4-9-21(25)2/h4-5,8-13,15,19,24H,3,6-7,14,16-18,20H2,1-2H3/t24-/m0/s1. The maximum Gasteiger partial charge on any atom is 0.332 e. The molecule has 34 heavy (non-hydrogen) atoms. The Bertz CT molecular complexity index is 1030. The summed E-state index contributed by atoms with van der Waals surface area (Å²) in [6, 6.07) is 15.7. The first-order chi connectivity index (χ1) is 16.5. The van der Waals surface area contributed by atoms with Crippen molar-refractivity contribution in [3.63, 3.8) is 0 Å². The van der Waals surface area contributed by atoms with E-state index in [1.165, 1.54) is 0 Å². The summed E-state index contributed by atoms with van der Waals surface area (Å²) in [6.07, 6.45) is 6.16. The van der Waals surface area contributed by atoms with Crippen LogP contribution in [0.1, 0.15) is 48.5 Å². The largest absolute Gasteiger partial charge is 0.464 e. The van der Waals surface area contributed by atoms with Crippen LogP contribution in [0.3, 0.4) is 0 Å². The minimum atomic E-state index is -0.364. The fourth-order valence-electron chi connectivity index (χ4n) is 4.12. The number of amides is 1. The summed E-state index contributed by atoms with van der Waals surface area (Å²) in [5, 5.41) is 0. The minimum Gasteiger partial charge on any atom is -0.464 e. The van der Waals surface area contributed by atoms with Gasteiger partial charge in [-0.3, -0.25) is 9.59 Å². The van der Waals surface area contributed by atoms with Gasteiger partial charge >= 0.3 is 5.97 Å². The molecule has 2 aromatic carbocycles. The molecule has 0 spiro atoms. The Balaban J connectivity index is 1.52. The lowest BCUT2D eigenvalue weighted by molar-refractivity contribution is -0.148. The second-order valence-corrected chi connectivity index (χ2v) is 8.38. The van der Waals surface area contributed by atoms with Crippen LogP contribution in [0, 0.1) is 6.92 Å². The van der Waals surface area contributed by atoms with Crippen molar-refractivity contribution in [1.82, 2.24) is 4.90 Å². The van der Waals surface area contributed by atoms with E-state index in [4.69, 9.17) is 9.47 Å². The molecular weight excluding hydrogens is 430 g/mol. The molecule has 1 atom stereocenters. The number of nitrogens with zero attached hydrogens (tertiary/aromatic N) is 1. The van der Waals surface area contributed by atoms with Crippen molar-refractivity contribution in [2.45, 2.75) is 45.6 Å². The number of carbonyl (C=O) groups excluding carboxylic acids is 3. The van der Waals surface area contributed by atoms with Crippen molar-refractivity contribution in [1.29, 1.82) is 0 Å². The van der Waals surface area contributed by atoms with Crippen LogP contribution in [0.5, 0.6) is 0 Å². The minimum absolute atomic E-state index is 0.0466. The van der Waals surface area contributed by atoms with Crippen molar-refractivity contribution < 1.29 is 23.9 Å². The number of unbranched alkanes of at least 4 members (excludes halogenated alkanes) is 1. The predicted molar refractivity (Wildman–Crippen MR) is 132 cm³/mol. The first kappa shape index (κ1) is 25.4. The third kappa shape index (κ3) is 7.12. The van der Waals surface area contributed by atoms with Gasteiger partial charge in [0.1, 0.15) is 6.61 Å². The summed E-state index contributed by atoms with van der Waals surface area (Å²) in [5.41, 5.74) is 3.92. The topological polar surface area (TPSA) is 72.9 Å². The van der Waals surface area contributed by atoms with Crippen LogP contribution in [0.4, 0.5) is 0 Å². The molecule has 1 saturated heterocycles. The number of esters is 1. The van der Waals surface area contributed by atoms with Crippen molar-refractivity contribution >= 4 is 17.7 Å². The number of carbonyl (C=O) groups is 3. The average molecular weight is 464 g/mol. The summed E-state index contributed by atoms with van der Waals surface area (Å²) >= 11 is 0. The highest BCUT2D eigenvalue weighted by Gasteiger charge is 2.28. The van der Waals surface area contributed by atoms with Gasteiger partial charge in [0.05, 0.1) is 12.6 Å². The van der Waals surface area contributed by atoms with Crippen LogP contribution >= 0.6 is 0 Å². The number of ketones is 1. The highest BCUT2D eigenvalue weighted by atomic mass is 16.6. The number of hydrogen-bond acceptors (Lipinski definition) is 5. The van der Waals surface area contributed by atoms with Crippen LogP contribution in [0.2, 0.25) is 0 Å². The van der Waals surface area contributed by atoms with E-state index in [2.05, 4.69) is 19.1 Å². The SMILES string of the molecule is CCOC(=O)COCCCCN1C(=O)CC[C@@H]1C=CC(=O)c1cccc(-c2ccccc2C)c1. The first-order valence-electron chi connectivity index (χ1n) is 11.9. The maximum absolute atomic E-state index is 12.8. The van der Waals surface area contributed by atoms with Crippen molar-refractivity contribution in [2.24, 2.45) is 0 Å². The zero-order chi connectivity index (χ0) is 24.3. The van der Waals surface area contributed by atoms with Crippen molar-refractivity contribution in [3.8, 4) is 11.1 Å². The molecule has 0 saturated carbocycles. The van der Waals surface area contributed by atoms with Gasteiger partial charge in [-0.05, 0) is 61.9 Å². The third-order valence-corrected chi connectivity index (χ3v) is 5.91. The van der Waals surface area contributed by atoms with Crippen LogP contribution in [-0.2, 0) is 19.1 Å². The average Bonchev–Trinajstić information content (AvgIpc) is 3.19. The van der Waals surface area contributed by atoms with Crippen LogP contribution < -0.4 is 0 Å². The summed E-state index contributed by atoms with van der Waals surface area (Å²) in [4.78, 5) is 38.3. The molecule has 180 valence electrons. The molecule has 3 rings (SSSR count). The Morgan fingerprint density at radius 3 is 2.74 bits per heavy atom. The van der Waals surface area contributed by atoms with E-state index in [0.29, 0.717) is 38.2 Å². The Kier molecular flexibility index (Phi) is 9.59. The number of rotatable bonds is 12. The van der Waals surface area contributed by atoms with E-state index < -0.39 is 0 Å². The molecule has 0 bridgehead atoms. The van der Waals surface area contributed by atoms with Gasteiger partial charge in [-0.15, -0.1) is 0 Å². The molecule has 2 aromatic rings. The molecule has 1 aliphatic heterocycles. The van der Waals surface area contributed by atoms with Gasteiger partial charge in [-0.2, -0.15) is 0 Å². The number of benzene rings is 2. The van der Waals surface area contributed by atoms with Gasteiger partial charge in [0.15, 0.2) is 5.78 Å². The monoisotopic (exact) mass is 463 g/mol. The number of likely N-dealkylation sites (tertiary alicyclic amines) is 1. The molecule has 1 amide bonds. The van der Waals surface area contributed by atoms with Gasteiger partial charge in [0, 0.05) is 25.1 Å². The van der Waals surface area contributed by atoms with E-state index >= 15 is 0 Å². The quantitative estimate of drug-likeness (QED) is 0.197. The summed E-state index contributed by atoms with van der Waals surface area (Å²) < 4.78 is 10.1. The molecule has 1 heterocycles. The highest BCUT2D eigenvalue weighted by Crippen LogP contribution is 2.25. The van der Waals surface area contributed by atoms with Gasteiger partial charge in [0.25, 0.3) is 0 Å². The number of allylic oxidation sites excluding steroid dienone is 1. The molecule has 1 aliphatic rings. The molecular formula is C28H33NO5. The van der Waals surface area contributed by atoms with Crippen molar-refractivity contribution in [3.05, 3.63) is 71.8 Å². The van der Waals surface area contributed by atoms with Gasteiger partial charge in [-0.1, -0.05) is 48.5 Å². The predicted octanol–water partition coefficient (Wildman–Crippen LogP) is 4.75. The summed E-state index contributed by atoms with van der Waals surface area (Å²) in [5.74, 6) is -0.324. The molecule has 0 radical (unpaired) electrons. The molecule has 0 aliphatic carbocycles. The van der Waals surface area contributed by atoms with Gasteiger partial charge < -0.3 is 14.4 Å². The van der Waals surface area contributed by atoms with Crippen LogP contribution in [0.25, 0.3) is 11.1 Å². The zero-order valence-corrected chi connectivity index (χ0v) is 20.0. The van der Waals surface area contributed by atoms with E-state index in [9.17, 15) is 14.4 Å². The van der Waals surface area contributed by atoms with Gasteiger partial charge in [0.2, 0.25) is 5.91 Å². The molecule has 0 N–H and O–H groups in total. The van der Waals surface area contributed by atoms with Gasteiger partial charge in [-0.25, -0.2) is 4.79 Å². The second kappa shape index (κ2) is 12.8. The van der Waals surface area contributed by atoms with Crippen LogP contribution in [0.15, 0.2) is 60.7 Å². The Hall–Kier alpha value is -3.25. The lowest BCUT2D eigenvalue weighted by Crippen LogP contribution is -2.32. The van der Waals surface area contributed by atoms with E-state index in [0.717, 1.165) is 29.5 Å². The molecule has 6 nitrogen and oxygen atoms in total. The van der Waals surface area contributed by atoms with Crippen LogP contribution in [-0.4, -0.2) is 55.0 Å². The normalized spacial score (nSPS) is 15.8. The fourth-order valence-corrected chi connectivity index (χ4v) is 4.12. The highest BCUT2D eigenvalue weighted by molar-refractivity contribution is 6.05. The summed E-state index contributed by atoms with van der Waals surface area (Å²) in [7, 11) is 0. The zero-order valence-electron chi connectivity index (χ0n) is 20.0. The number of ether oxygens (including phenoxy) is 2. The smallest absolute Gasteiger partial charge is 0.332 e. The van der Waals surface area contributed by atoms with Crippen molar-refractivity contribution in [2.75, 3.05) is 26.4 Å². The molecule has 1 fully saturated rings. The van der Waals surface area contributed by atoms with E-state index in [-0.39, 0.29) is 30.3 Å². The lowest BCUT2D eigenvalue weighted by atomic mass is 9.97. The molecule has 6 heteroatoms.